The van der Waals surface area contributed by atoms with Gasteiger partial charge in [-0.05, 0) is 35.9 Å². The maximum Gasteiger partial charge on any atom is 0.250 e. The standard InChI is InChI=1S/C18H11BrCl2N2OS/c19-13-3-1-2-12(8-13)16-10-25-18(22-16)23-17(24)7-5-11-4-6-14(20)9-15(11)21/h1-10H,(H,22,23,24)/b7-5+. The summed E-state index contributed by atoms with van der Waals surface area (Å²) < 4.78 is 0.978. The van der Waals surface area contributed by atoms with Gasteiger partial charge in [-0.2, -0.15) is 0 Å². The second kappa shape index (κ2) is 8.15. The molecule has 3 aromatic rings. The maximum absolute atomic E-state index is 12.1. The summed E-state index contributed by atoms with van der Waals surface area (Å²) in [6.45, 7) is 0. The lowest BCUT2D eigenvalue weighted by Gasteiger charge is -1.99. The second-order valence-electron chi connectivity index (χ2n) is 5.04. The molecule has 126 valence electrons. The van der Waals surface area contributed by atoms with Crippen molar-refractivity contribution in [1.29, 1.82) is 0 Å². The van der Waals surface area contributed by atoms with Gasteiger partial charge in [-0.3, -0.25) is 10.1 Å². The number of rotatable bonds is 4. The fourth-order valence-corrected chi connectivity index (χ4v) is 3.65. The number of nitrogens with zero attached hydrogens (tertiary/aromatic N) is 1. The van der Waals surface area contributed by atoms with Crippen LogP contribution in [0.4, 0.5) is 5.13 Å². The molecule has 1 aromatic heterocycles. The zero-order valence-electron chi connectivity index (χ0n) is 12.7. The summed E-state index contributed by atoms with van der Waals surface area (Å²) in [5, 5.41) is 6.22. The molecule has 0 atom stereocenters. The molecule has 0 bridgehead atoms. The van der Waals surface area contributed by atoms with Gasteiger partial charge in [0.1, 0.15) is 0 Å². The Hall–Kier alpha value is -1.66. The summed E-state index contributed by atoms with van der Waals surface area (Å²) in [6, 6.07) is 12.9. The summed E-state index contributed by atoms with van der Waals surface area (Å²) in [4.78, 5) is 16.5. The van der Waals surface area contributed by atoms with Crippen molar-refractivity contribution in [2.75, 3.05) is 5.32 Å². The van der Waals surface area contributed by atoms with E-state index in [-0.39, 0.29) is 5.91 Å². The molecule has 7 heteroatoms. The van der Waals surface area contributed by atoms with Crippen molar-refractivity contribution < 1.29 is 4.79 Å². The van der Waals surface area contributed by atoms with Crippen LogP contribution in [0.2, 0.25) is 10.0 Å². The Balaban J connectivity index is 1.68. The largest absolute Gasteiger partial charge is 0.298 e. The Morgan fingerprint density at radius 2 is 2.04 bits per heavy atom. The van der Waals surface area contributed by atoms with Crippen LogP contribution < -0.4 is 5.32 Å². The molecule has 0 saturated heterocycles. The highest BCUT2D eigenvalue weighted by Crippen LogP contribution is 2.27. The van der Waals surface area contributed by atoms with Crippen molar-refractivity contribution >= 4 is 67.6 Å². The molecule has 3 rings (SSSR count). The number of amides is 1. The summed E-state index contributed by atoms with van der Waals surface area (Å²) in [5.41, 5.74) is 2.51. The van der Waals surface area contributed by atoms with E-state index in [1.54, 1.807) is 24.3 Å². The zero-order valence-corrected chi connectivity index (χ0v) is 16.6. The Morgan fingerprint density at radius 3 is 2.80 bits per heavy atom. The lowest BCUT2D eigenvalue weighted by molar-refractivity contribution is -0.111. The molecule has 3 nitrogen and oxygen atoms in total. The lowest BCUT2D eigenvalue weighted by atomic mass is 10.2. The van der Waals surface area contributed by atoms with Gasteiger partial charge < -0.3 is 0 Å². The smallest absolute Gasteiger partial charge is 0.250 e. The molecule has 1 amide bonds. The van der Waals surface area contributed by atoms with Gasteiger partial charge in [0.15, 0.2) is 5.13 Å². The molecule has 1 N–H and O–H groups in total. The first-order valence-corrected chi connectivity index (χ1v) is 9.60. The predicted octanol–water partition coefficient (Wildman–Crippen LogP) is 6.53. The molecule has 0 radical (unpaired) electrons. The third kappa shape index (κ3) is 4.92. The van der Waals surface area contributed by atoms with E-state index >= 15 is 0 Å². The second-order valence-corrected chi connectivity index (χ2v) is 7.65. The number of hydrogen-bond donors (Lipinski definition) is 1. The molecule has 0 aliphatic heterocycles. The maximum atomic E-state index is 12.1. The van der Waals surface area contributed by atoms with Gasteiger partial charge in [0.05, 0.1) is 5.69 Å². The molecule has 2 aromatic carbocycles. The van der Waals surface area contributed by atoms with E-state index in [1.165, 1.54) is 17.4 Å². The van der Waals surface area contributed by atoms with Crippen LogP contribution in [0.5, 0.6) is 0 Å². The molecule has 0 fully saturated rings. The van der Waals surface area contributed by atoms with Gasteiger partial charge in [0, 0.05) is 31.5 Å². The highest BCUT2D eigenvalue weighted by atomic mass is 79.9. The van der Waals surface area contributed by atoms with E-state index in [9.17, 15) is 4.79 Å². The topological polar surface area (TPSA) is 42.0 Å². The van der Waals surface area contributed by atoms with E-state index in [0.717, 1.165) is 21.3 Å². The fourth-order valence-electron chi connectivity index (χ4n) is 2.06. The van der Waals surface area contributed by atoms with Crippen molar-refractivity contribution in [2.24, 2.45) is 0 Å². The van der Waals surface area contributed by atoms with Gasteiger partial charge in [-0.25, -0.2) is 4.98 Å². The van der Waals surface area contributed by atoms with Crippen LogP contribution in [-0.4, -0.2) is 10.9 Å². The number of benzene rings is 2. The molecular formula is C18H11BrCl2N2OS. The Kier molecular flexibility index (Phi) is 5.91. The first-order chi connectivity index (χ1) is 12.0. The van der Waals surface area contributed by atoms with Crippen LogP contribution in [-0.2, 0) is 4.79 Å². The minimum absolute atomic E-state index is 0.277. The summed E-state index contributed by atoms with van der Waals surface area (Å²) >= 11 is 16.7. The van der Waals surface area contributed by atoms with Crippen molar-refractivity contribution in [3.63, 3.8) is 0 Å². The Bertz CT molecular complexity index is 956. The molecule has 1 heterocycles. The van der Waals surface area contributed by atoms with Crippen LogP contribution in [0.15, 0.2) is 58.4 Å². The van der Waals surface area contributed by atoms with E-state index in [2.05, 4.69) is 26.2 Å². The first kappa shape index (κ1) is 18.1. The van der Waals surface area contributed by atoms with E-state index in [1.807, 2.05) is 29.6 Å². The normalized spacial score (nSPS) is 11.0. The number of carbonyl (C=O) groups excluding carboxylic acids is 1. The Morgan fingerprint density at radius 1 is 1.20 bits per heavy atom. The molecular weight excluding hydrogens is 443 g/mol. The number of halogens is 3. The predicted molar refractivity (Wildman–Crippen MR) is 109 cm³/mol. The van der Waals surface area contributed by atoms with Gasteiger partial charge in [0.2, 0.25) is 5.91 Å². The molecule has 0 saturated carbocycles. The molecule has 0 spiro atoms. The van der Waals surface area contributed by atoms with Crippen molar-refractivity contribution in [3.8, 4) is 11.3 Å². The minimum Gasteiger partial charge on any atom is -0.298 e. The average Bonchev–Trinajstić information content (AvgIpc) is 3.02. The van der Waals surface area contributed by atoms with Crippen molar-refractivity contribution in [2.45, 2.75) is 0 Å². The zero-order chi connectivity index (χ0) is 17.8. The van der Waals surface area contributed by atoms with Gasteiger partial charge in [-0.15, -0.1) is 11.3 Å². The Labute approximate surface area is 167 Å². The average molecular weight is 454 g/mol. The molecule has 25 heavy (non-hydrogen) atoms. The molecule has 0 aliphatic carbocycles. The number of carbonyl (C=O) groups is 1. The fraction of sp³-hybridized carbons (Fsp3) is 0. The first-order valence-electron chi connectivity index (χ1n) is 7.17. The van der Waals surface area contributed by atoms with Crippen LogP contribution in [0.25, 0.3) is 17.3 Å². The number of aromatic nitrogens is 1. The third-order valence-corrected chi connectivity index (χ3v) is 5.04. The highest BCUT2D eigenvalue weighted by Gasteiger charge is 2.07. The molecule has 0 unspecified atom stereocenters. The third-order valence-electron chi connectivity index (χ3n) is 3.23. The van der Waals surface area contributed by atoms with Crippen molar-refractivity contribution in [1.82, 2.24) is 4.98 Å². The van der Waals surface area contributed by atoms with Gasteiger partial charge >= 0.3 is 0 Å². The number of anilines is 1. The number of hydrogen-bond acceptors (Lipinski definition) is 3. The van der Waals surface area contributed by atoms with E-state index < -0.39 is 0 Å². The summed E-state index contributed by atoms with van der Waals surface area (Å²) in [5.74, 6) is -0.277. The van der Waals surface area contributed by atoms with Crippen LogP contribution in [0.1, 0.15) is 5.56 Å². The minimum atomic E-state index is -0.277. The van der Waals surface area contributed by atoms with Crippen LogP contribution >= 0.6 is 50.5 Å². The SMILES string of the molecule is O=C(/C=C/c1ccc(Cl)cc1Cl)Nc1nc(-c2cccc(Br)c2)cs1. The van der Waals surface area contributed by atoms with Crippen LogP contribution in [0.3, 0.4) is 0 Å². The van der Waals surface area contributed by atoms with Gasteiger partial charge in [0.25, 0.3) is 0 Å². The van der Waals surface area contributed by atoms with Crippen molar-refractivity contribution in [3.05, 3.63) is 74.0 Å². The van der Waals surface area contributed by atoms with E-state index in [0.29, 0.717) is 15.2 Å². The quantitative estimate of drug-likeness (QED) is 0.456. The summed E-state index contributed by atoms with van der Waals surface area (Å²) in [6.07, 6.45) is 3.05. The lowest BCUT2D eigenvalue weighted by Crippen LogP contribution is -2.07. The highest BCUT2D eigenvalue weighted by molar-refractivity contribution is 9.10. The van der Waals surface area contributed by atoms with E-state index in [4.69, 9.17) is 23.2 Å². The molecule has 0 aliphatic rings. The summed E-state index contributed by atoms with van der Waals surface area (Å²) in [7, 11) is 0. The number of nitrogens with one attached hydrogen (secondary N) is 1. The monoisotopic (exact) mass is 452 g/mol. The van der Waals surface area contributed by atoms with Gasteiger partial charge in [-0.1, -0.05) is 57.3 Å². The van der Waals surface area contributed by atoms with Crippen LogP contribution in [0, 0.1) is 0 Å². The number of thiazole rings is 1.